The molecule has 138 valence electrons. The molecule has 0 aromatic carbocycles. The Bertz CT molecular complexity index is 546. The smallest absolute Gasteiger partial charge is 0.307 e. The summed E-state index contributed by atoms with van der Waals surface area (Å²) in [6.07, 6.45) is 13.9. The van der Waals surface area contributed by atoms with E-state index in [9.17, 15) is 14.7 Å². The highest BCUT2D eigenvalue weighted by Crippen LogP contribution is 2.61. The summed E-state index contributed by atoms with van der Waals surface area (Å²) in [6, 6.07) is 0.216. The average Bonchev–Trinajstić information content (AvgIpc) is 2.58. The maximum atomic E-state index is 13.0. The number of rotatable bonds is 5. The van der Waals surface area contributed by atoms with Crippen molar-refractivity contribution in [2.24, 2.45) is 35.0 Å². The molecule has 4 nitrogen and oxygen atoms in total. The molecule has 0 saturated heterocycles. The van der Waals surface area contributed by atoms with Gasteiger partial charge in [0, 0.05) is 6.04 Å². The normalized spacial score (nSPS) is 43.0. The van der Waals surface area contributed by atoms with Gasteiger partial charge in [0.25, 0.3) is 0 Å². The van der Waals surface area contributed by atoms with Crippen LogP contribution in [-0.2, 0) is 9.59 Å². The van der Waals surface area contributed by atoms with E-state index in [1.807, 2.05) is 12.2 Å². The lowest BCUT2D eigenvalue weighted by atomic mass is 9.47. The van der Waals surface area contributed by atoms with Crippen molar-refractivity contribution in [3.8, 4) is 0 Å². The van der Waals surface area contributed by atoms with Gasteiger partial charge < -0.3 is 10.4 Å². The fraction of sp³-hybridized carbons (Fsp3) is 0.810. The van der Waals surface area contributed by atoms with Crippen molar-refractivity contribution in [1.29, 1.82) is 0 Å². The molecule has 2 N–H and O–H groups in total. The molecule has 0 aliphatic heterocycles. The van der Waals surface area contributed by atoms with Gasteiger partial charge in [0.15, 0.2) is 0 Å². The lowest BCUT2D eigenvalue weighted by Gasteiger charge is -2.59. The zero-order valence-corrected chi connectivity index (χ0v) is 15.2. The molecule has 0 unspecified atom stereocenters. The molecule has 25 heavy (non-hydrogen) atoms. The summed E-state index contributed by atoms with van der Waals surface area (Å²) in [5.41, 5.74) is 0.280. The topological polar surface area (TPSA) is 66.4 Å². The van der Waals surface area contributed by atoms with Gasteiger partial charge >= 0.3 is 5.97 Å². The number of carbonyl (C=O) groups is 2. The third-order valence-electron chi connectivity index (χ3n) is 7.64. The predicted octanol–water partition coefficient (Wildman–Crippen LogP) is 3.76. The van der Waals surface area contributed by atoms with E-state index >= 15 is 0 Å². The predicted molar refractivity (Wildman–Crippen MR) is 95.8 cm³/mol. The molecule has 0 radical (unpaired) electrons. The summed E-state index contributed by atoms with van der Waals surface area (Å²) in [6.45, 7) is 2.18. The van der Waals surface area contributed by atoms with Gasteiger partial charge in [0.05, 0.1) is 11.8 Å². The fourth-order valence-electron chi connectivity index (χ4n) is 6.95. The second-order valence-electron chi connectivity index (χ2n) is 9.24. The Morgan fingerprint density at radius 2 is 1.56 bits per heavy atom. The molecule has 4 saturated carbocycles. The lowest BCUT2D eigenvalue weighted by molar-refractivity contribution is -0.148. The molecular formula is C21H31NO3. The van der Waals surface area contributed by atoms with Crippen molar-refractivity contribution in [2.75, 3.05) is 0 Å². The zero-order chi connectivity index (χ0) is 17.6. The molecule has 0 aromatic heterocycles. The third-order valence-corrected chi connectivity index (χ3v) is 7.64. The van der Waals surface area contributed by atoms with Crippen molar-refractivity contribution in [2.45, 2.75) is 70.8 Å². The summed E-state index contributed by atoms with van der Waals surface area (Å²) < 4.78 is 0. The molecule has 0 heterocycles. The molecule has 4 bridgehead atoms. The van der Waals surface area contributed by atoms with Crippen LogP contribution in [0.5, 0.6) is 0 Å². The first kappa shape index (κ1) is 17.1. The molecule has 4 fully saturated rings. The van der Waals surface area contributed by atoms with Gasteiger partial charge in [0.2, 0.25) is 5.91 Å². The first-order valence-electron chi connectivity index (χ1n) is 10.2. The maximum Gasteiger partial charge on any atom is 0.307 e. The minimum absolute atomic E-state index is 0.0284. The number of hydrogen-bond acceptors (Lipinski definition) is 2. The first-order valence-corrected chi connectivity index (χ1v) is 10.2. The molecule has 1 amide bonds. The number of aliphatic carboxylic acids is 1. The second-order valence-corrected chi connectivity index (χ2v) is 9.24. The highest BCUT2D eigenvalue weighted by molar-refractivity contribution is 5.85. The summed E-state index contributed by atoms with van der Waals surface area (Å²) in [4.78, 5) is 24.5. The SMILES string of the molecule is CC[C@@H](NC(=O)[C@@H]1CC=CC[C@@H]1C(=O)O)C12CC3CC(CC(C3)C1)C2. The van der Waals surface area contributed by atoms with Crippen LogP contribution < -0.4 is 5.32 Å². The molecular weight excluding hydrogens is 314 g/mol. The Morgan fingerprint density at radius 3 is 2.04 bits per heavy atom. The summed E-state index contributed by atoms with van der Waals surface area (Å²) in [5, 5.41) is 12.8. The number of allylic oxidation sites excluding steroid dienone is 2. The minimum atomic E-state index is -0.840. The van der Waals surface area contributed by atoms with Crippen LogP contribution in [0.4, 0.5) is 0 Å². The van der Waals surface area contributed by atoms with E-state index in [-0.39, 0.29) is 17.4 Å². The summed E-state index contributed by atoms with van der Waals surface area (Å²) in [7, 11) is 0. The van der Waals surface area contributed by atoms with Crippen LogP contribution in [0.15, 0.2) is 12.2 Å². The zero-order valence-electron chi connectivity index (χ0n) is 15.2. The van der Waals surface area contributed by atoms with E-state index < -0.39 is 17.8 Å². The third kappa shape index (κ3) is 3.02. The van der Waals surface area contributed by atoms with Crippen molar-refractivity contribution in [1.82, 2.24) is 5.32 Å². The van der Waals surface area contributed by atoms with Crippen LogP contribution in [0.3, 0.4) is 0 Å². The van der Waals surface area contributed by atoms with E-state index in [0.29, 0.717) is 12.8 Å². The number of hydrogen-bond donors (Lipinski definition) is 2. The highest BCUT2D eigenvalue weighted by Gasteiger charge is 2.54. The van der Waals surface area contributed by atoms with Gasteiger partial charge in [-0.15, -0.1) is 0 Å². The van der Waals surface area contributed by atoms with Crippen molar-refractivity contribution in [3.63, 3.8) is 0 Å². The molecule has 5 aliphatic carbocycles. The van der Waals surface area contributed by atoms with E-state index in [2.05, 4.69) is 12.2 Å². The Morgan fingerprint density at radius 1 is 1.04 bits per heavy atom. The van der Waals surface area contributed by atoms with Gasteiger partial charge in [-0.25, -0.2) is 0 Å². The average molecular weight is 345 g/mol. The Hall–Kier alpha value is -1.32. The molecule has 3 atom stereocenters. The monoisotopic (exact) mass is 345 g/mol. The van der Waals surface area contributed by atoms with Crippen LogP contribution in [0.2, 0.25) is 0 Å². The quantitative estimate of drug-likeness (QED) is 0.746. The summed E-state index contributed by atoms with van der Waals surface area (Å²) in [5.74, 6) is 0.737. The van der Waals surface area contributed by atoms with E-state index in [1.54, 1.807) is 0 Å². The minimum Gasteiger partial charge on any atom is -0.481 e. The van der Waals surface area contributed by atoms with Crippen molar-refractivity contribution < 1.29 is 14.7 Å². The van der Waals surface area contributed by atoms with Crippen LogP contribution in [-0.4, -0.2) is 23.0 Å². The Labute approximate surface area is 150 Å². The first-order chi connectivity index (χ1) is 12.0. The van der Waals surface area contributed by atoms with E-state index in [1.165, 1.54) is 38.5 Å². The molecule has 4 heteroatoms. The standard InChI is InChI=1S/C21H31NO3/c1-2-18(21-10-13-7-14(11-21)9-15(8-13)12-21)22-19(23)16-5-3-4-6-17(16)20(24)25/h3-4,13-18H,2,5-12H2,1H3,(H,22,23)(H,24,25)/t13?,14?,15?,16-,17+,18-,21?/m1/s1. The molecule has 5 rings (SSSR count). The number of carboxylic acid groups (broad SMARTS) is 1. The number of amides is 1. The maximum absolute atomic E-state index is 13.0. The van der Waals surface area contributed by atoms with Crippen LogP contribution in [0.25, 0.3) is 0 Å². The Balaban J connectivity index is 1.49. The van der Waals surface area contributed by atoms with Crippen LogP contribution in [0.1, 0.15) is 64.7 Å². The van der Waals surface area contributed by atoms with Crippen LogP contribution >= 0.6 is 0 Å². The molecule has 5 aliphatic rings. The molecule has 0 spiro atoms. The molecule has 0 aromatic rings. The van der Waals surface area contributed by atoms with Gasteiger partial charge in [-0.2, -0.15) is 0 Å². The lowest BCUT2D eigenvalue weighted by Crippen LogP contribution is -2.57. The largest absolute Gasteiger partial charge is 0.481 e. The fourth-order valence-corrected chi connectivity index (χ4v) is 6.95. The van der Waals surface area contributed by atoms with E-state index in [4.69, 9.17) is 0 Å². The van der Waals surface area contributed by atoms with E-state index in [0.717, 1.165) is 24.2 Å². The van der Waals surface area contributed by atoms with Gasteiger partial charge in [0.1, 0.15) is 0 Å². The number of nitrogens with one attached hydrogen (secondary N) is 1. The second kappa shape index (κ2) is 6.44. The van der Waals surface area contributed by atoms with Gasteiger partial charge in [-0.1, -0.05) is 19.1 Å². The number of carbonyl (C=O) groups excluding carboxylic acids is 1. The highest BCUT2D eigenvalue weighted by atomic mass is 16.4. The van der Waals surface area contributed by atoms with Crippen molar-refractivity contribution in [3.05, 3.63) is 12.2 Å². The van der Waals surface area contributed by atoms with Gasteiger partial charge in [-0.3, -0.25) is 9.59 Å². The van der Waals surface area contributed by atoms with Gasteiger partial charge in [-0.05, 0) is 81.0 Å². The summed E-state index contributed by atoms with van der Waals surface area (Å²) >= 11 is 0. The Kier molecular flexibility index (Phi) is 4.41. The number of carboxylic acids is 1. The van der Waals surface area contributed by atoms with Crippen molar-refractivity contribution >= 4 is 11.9 Å². The van der Waals surface area contributed by atoms with Crippen LogP contribution in [0, 0.1) is 35.0 Å².